The molecule has 0 aromatic carbocycles. The van der Waals surface area contributed by atoms with Gasteiger partial charge in [0, 0.05) is 18.2 Å². The van der Waals surface area contributed by atoms with Crippen LogP contribution in [-0.4, -0.2) is 38.9 Å². The van der Waals surface area contributed by atoms with Gasteiger partial charge in [0.25, 0.3) is 0 Å². The molecule has 0 aliphatic heterocycles. The SMILES string of the molecule is CCS(=O)(=O)CCNCCCCCl. The van der Waals surface area contributed by atoms with E-state index >= 15 is 0 Å². The first kappa shape index (κ1) is 13.2. The van der Waals surface area contributed by atoms with Gasteiger partial charge in [0.15, 0.2) is 9.84 Å². The van der Waals surface area contributed by atoms with E-state index in [-0.39, 0.29) is 11.5 Å². The summed E-state index contributed by atoms with van der Waals surface area (Å²) < 4.78 is 22.1. The number of hydrogen-bond donors (Lipinski definition) is 1. The van der Waals surface area contributed by atoms with Gasteiger partial charge in [-0.25, -0.2) is 8.42 Å². The van der Waals surface area contributed by atoms with Gasteiger partial charge >= 0.3 is 0 Å². The Morgan fingerprint density at radius 3 is 2.46 bits per heavy atom. The highest BCUT2D eigenvalue weighted by Crippen LogP contribution is 1.90. The Kier molecular flexibility index (Phi) is 7.71. The Bertz CT molecular complexity index is 204. The van der Waals surface area contributed by atoms with Crippen molar-refractivity contribution in [2.24, 2.45) is 0 Å². The molecular weight excluding hydrogens is 210 g/mol. The fraction of sp³-hybridized carbons (Fsp3) is 1.00. The molecule has 13 heavy (non-hydrogen) atoms. The van der Waals surface area contributed by atoms with E-state index in [0.717, 1.165) is 19.4 Å². The molecule has 1 N–H and O–H groups in total. The third kappa shape index (κ3) is 8.53. The van der Waals surface area contributed by atoms with Gasteiger partial charge < -0.3 is 5.32 Å². The summed E-state index contributed by atoms with van der Waals surface area (Å²) in [6.07, 6.45) is 1.99. The first-order valence-corrected chi connectivity index (χ1v) is 6.95. The molecule has 0 saturated carbocycles. The topological polar surface area (TPSA) is 46.2 Å². The van der Waals surface area contributed by atoms with Crippen molar-refractivity contribution in [3.05, 3.63) is 0 Å². The van der Waals surface area contributed by atoms with Gasteiger partial charge in [0.05, 0.1) is 5.75 Å². The fourth-order valence-electron chi connectivity index (χ4n) is 0.841. The minimum Gasteiger partial charge on any atom is -0.316 e. The standard InChI is InChI=1S/C8H18ClNO2S/c1-2-13(11,12)8-7-10-6-4-3-5-9/h10H,2-8H2,1H3. The summed E-state index contributed by atoms with van der Waals surface area (Å²) >= 11 is 5.49. The minimum absolute atomic E-state index is 0.232. The zero-order valence-electron chi connectivity index (χ0n) is 8.05. The number of halogens is 1. The van der Waals surface area contributed by atoms with Crippen LogP contribution < -0.4 is 5.32 Å². The molecule has 0 aromatic rings. The maximum atomic E-state index is 11.0. The van der Waals surface area contributed by atoms with Crippen LogP contribution in [0.15, 0.2) is 0 Å². The molecular formula is C8H18ClNO2S. The first-order valence-electron chi connectivity index (χ1n) is 4.59. The molecule has 0 aromatic heterocycles. The van der Waals surface area contributed by atoms with Crippen molar-refractivity contribution >= 4 is 21.4 Å². The van der Waals surface area contributed by atoms with Crippen LogP contribution >= 0.6 is 11.6 Å². The normalized spacial score (nSPS) is 11.8. The zero-order chi connectivity index (χ0) is 10.2. The highest BCUT2D eigenvalue weighted by molar-refractivity contribution is 7.91. The number of alkyl halides is 1. The van der Waals surface area contributed by atoms with Gasteiger partial charge in [-0.1, -0.05) is 6.92 Å². The summed E-state index contributed by atoms with van der Waals surface area (Å²) in [6.45, 7) is 3.08. The van der Waals surface area contributed by atoms with Crippen molar-refractivity contribution in [2.45, 2.75) is 19.8 Å². The van der Waals surface area contributed by atoms with Crippen molar-refractivity contribution in [3.63, 3.8) is 0 Å². The van der Waals surface area contributed by atoms with Crippen molar-refractivity contribution in [1.29, 1.82) is 0 Å². The molecule has 80 valence electrons. The summed E-state index contributed by atoms with van der Waals surface area (Å²) in [5, 5.41) is 3.07. The monoisotopic (exact) mass is 227 g/mol. The summed E-state index contributed by atoms with van der Waals surface area (Å²) in [6, 6.07) is 0. The van der Waals surface area contributed by atoms with Gasteiger partial charge in [-0.15, -0.1) is 11.6 Å². The summed E-state index contributed by atoms with van der Waals surface area (Å²) in [5.41, 5.74) is 0. The van der Waals surface area contributed by atoms with E-state index in [1.165, 1.54) is 0 Å². The number of nitrogens with one attached hydrogen (secondary N) is 1. The maximum absolute atomic E-state index is 11.0. The molecule has 0 rings (SSSR count). The Morgan fingerprint density at radius 2 is 1.92 bits per heavy atom. The molecule has 0 aliphatic carbocycles. The summed E-state index contributed by atoms with van der Waals surface area (Å²) in [5.74, 6) is 1.15. The second-order valence-electron chi connectivity index (χ2n) is 2.88. The summed E-state index contributed by atoms with van der Waals surface area (Å²) in [4.78, 5) is 0. The second-order valence-corrected chi connectivity index (χ2v) is 5.73. The van der Waals surface area contributed by atoms with Gasteiger partial charge in [-0.05, 0) is 19.4 Å². The van der Waals surface area contributed by atoms with Crippen molar-refractivity contribution < 1.29 is 8.42 Å². The molecule has 0 saturated heterocycles. The Labute approximate surface area is 85.8 Å². The molecule has 0 radical (unpaired) electrons. The van der Waals surface area contributed by atoms with E-state index < -0.39 is 9.84 Å². The average molecular weight is 228 g/mol. The Morgan fingerprint density at radius 1 is 1.23 bits per heavy atom. The molecule has 0 bridgehead atoms. The lowest BCUT2D eigenvalue weighted by Crippen LogP contribution is -2.24. The molecule has 0 heterocycles. The van der Waals surface area contributed by atoms with Crippen LogP contribution in [0.2, 0.25) is 0 Å². The predicted molar refractivity (Wildman–Crippen MR) is 57.2 cm³/mol. The van der Waals surface area contributed by atoms with E-state index in [0.29, 0.717) is 12.4 Å². The number of sulfone groups is 1. The van der Waals surface area contributed by atoms with Gasteiger partial charge in [-0.2, -0.15) is 0 Å². The predicted octanol–water partition coefficient (Wildman–Crippen LogP) is 1.03. The molecule has 0 amide bonds. The van der Waals surface area contributed by atoms with E-state index in [2.05, 4.69) is 5.32 Å². The number of unbranched alkanes of at least 4 members (excludes halogenated alkanes) is 1. The van der Waals surface area contributed by atoms with Crippen molar-refractivity contribution in [3.8, 4) is 0 Å². The average Bonchev–Trinajstić information content (AvgIpc) is 2.11. The molecule has 0 fully saturated rings. The quantitative estimate of drug-likeness (QED) is 0.498. The third-order valence-corrected chi connectivity index (χ3v) is 3.74. The Hall–Kier alpha value is 0.200. The van der Waals surface area contributed by atoms with E-state index in [1.54, 1.807) is 6.92 Å². The molecule has 5 heteroatoms. The van der Waals surface area contributed by atoms with Crippen LogP contribution in [-0.2, 0) is 9.84 Å². The van der Waals surface area contributed by atoms with Crippen molar-refractivity contribution in [1.82, 2.24) is 5.32 Å². The fourth-order valence-corrected chi connectivity index (χ4v) is 1.77. The van der Waals surface area contributed by atoms with Crippen LogP contribution in [0.25, 0.3) is 0 Å². The Balaban J connectivity index is 3.26. The molecule has 0 spiro atoms. The van der Waals surface area contributed by atoms with Crippen molar-refractivity contribution in [2.75, 3.05) is 30.5 Å². The lowest BCUT2D eigenvalue weighted by Gasteiger charge is -2.03. The highest BCUT2D eigenvalue weighted by Gasteiger charge is 2.05. The maximum Gasteiger partial charge on any atom is 0.151 e. The van der Waals surface area contributed by atoms with E-state index in [1.807, 2.05) is 0 Å². The number of hydrogen-bond acceptors (Lipinski definition) is 3. The molecule has 0 unspecified atom stereocenters. The van der Waals surface area contributed by atoms with Crippen LogP contribution in [0.5, 0.6) is 0 Å². The van der Waals surface area contributed by atoms with Crippen LogP contribution in [0.4, 0.5) is 0 Å². The minimum atomic E-state index is -2.80. The highest BCUT2D eigenvalue weighted by atomic mass is 35.5. The van der Waals surface area contributed by atoms with E-state index in [4.69, 9.17) is 11.6 Å². The smallest absolute Gasteiger partial charge is 0.151 e. The third-order valence-electron chi connectivity index (χ3n) is 1.77. The lowest BCUT2D eigenvalue weighted by molar-refractivity contribution is 0.590. The molecule has 0 aliphatic rings. The molecule has 0 atom stereocenters. The molecule has 3 nitrogen and oxygen atoms in total. The second kappa shape index (κ2) is 7.59. The van der Waals surface area contributed by atoms with Crippen LogP contribution in [0.3, 0.4) is 0 Å². The summed E-state index contributed by atoms with van der Waals surface area (Å²) in [7, 11) is -2.80. The van der Waals surface area contributed by atoms with Gasteiger partial charge in [-0.3, -0.25) is 0 Å². The van der Waals surface area contributed by atoms with Crippen LogP contribution in [0, 0.1) is 0 Å². The first-order chi connectivity index (χ1) is 6.12. The van der Waals surface area contributed by atoms with Gasteiger partial charge in [0.2, 0.25) is 0 Å². The zero-order valence-corrected chi connectivity index (χ0v) is 9.62. The van der Waals surface area contributed by atoms with Crippen LogP contribution in [0.1, 0.15) is 19.8 Å². The lowest BCUT2D eigenvalue weighted by atomic mass is 10.3. The number of rotatable bonds is 8. The van der Waals surface area contributed by atoms with Gasteiger partial charge in [0.1, 0.15) is 0 Å². The largest absolute Gasteiger partial charge is 0.316 e. The van der Waals surface area contributed by atoms with E-state index in [9.17, 15) is 8.42 Å².